The van der Waals surface area contributed by atoms with Crippen molar-refractivity contribution >= 4 is 17.3 Å². The molecule has 1 aliphatic rings. The molecule has 5 heteroatoms. The number of carbonyl (C=O) groups excluding carboxylic acids is 2. The van der Waals surface area contributed by atoms with Gasteiger partial charge in [0.1, 0.15) is 5.69 Å². The number of carbonyl (C=O) groups is 2. The van der Waals surface area contributed by atoms with Crippen molar-refractivity contribution in [3.05, 3.63) is 59.6 Å². The Morgan fingerprint density at radius 2 is 1.85 bits per heavy atom. The van der Waals surface area contributed by atoms with Crippen molar-refractivity contribution < 1.29 is 9.59 Å². The van der Waals surface area contributed by atoms with E-state index in [0.29, 0.717) is 11.3 Å². The van der Waals surface area contributed by atoms with E-state index < -0.39 is 0 Å². The van der Waals surface area contributed by atoms with Gasteiger partial charge in [-0.15, -0.1) is 0 Å². The Labute approximate surface area is 116 Å². The van der Waals surface area contributed by atoms with Crippen LogP contribution in [0.25, 0.3) is 0 Å². The molecule has 1 aliphatic carbocycles. The van der Waals surface area contributed by atoms with Crippen LogP contribution in [-0.4, -0.2) is 28.4 Å². The van der Waals surface area contributed by atoms with Crippen LogP contribution in [0.5, 0.6) is 0 Å². The summed E-state index contributed by atoms with van der Waals surface area (Å²) in [6, 6.07) is 9.43. The minimum Gasteiger partial charge on any atom is -0.341 e. The number of likely N-dealkylation sites (N-methyl/N-ethyl adjacent to an activating group) is 1. The lowest BCUT2D eigenvalue weighted by Crippen LogP contribution is -2.28. The molecule has 20 heavy (non-hydrogen) atoms. The third-order valence-electron chi connectivity index (χ3n) is 3.31. The van der Waals surface area contributed by atoms with Crippen molar-refractivity contribution in [2.75, 3.05) is 11.9 Å². The second kappa shape index (κ2) is 4.45. The first-order chi connectivity index (χ1) is 9.58. The number of benzene rings is 1. The highest BCUT2D eigenvalue weighted by molar-refractivity contribution is 6.24. The number of para-hydroxylation sites is 1. The number of fused-ring (bicyclic) bond motifs is 1. The molecule has 1 aromatic heterocycles. The van der Waals surface area contributed by atoms with Crippen LogP contribution in [0.2, 0.25) is 0 Å². The summed E-state index contributed by atoms with van der Waals surface area (Å²) >= 11 is 0. The van der Waals surface area contributed by atoms with Crippen molar-refractivity contribution in [3.63, 3.8) is 0 Å². The quantitative estimate of drug-likeness (QED) is 0.833. The number of aromatic nitrogens is 2. The van der Waals surface area contributed by atoms with Gasteiger partial charge in [0.15, 0.2) is 5.78 Å². The average Bonchev–Trinajstić information content (AvgIpc) is 2.86. The Bertz CT molecular complexity index is 729. The molecule has 2 aromatic rings. The van der Waals surface area contributed by atoms with Crippen molar-refractivity contribution in [3.8, 4) is 0 Å². The molecule has 0 N–H and O–H groups in total. The second-order valence-corrected chi connectivity index (χ2v) is 4.68. The normalized spacial score (nSPS) is 14.0. The summed E-state index contributed by atoms with van der Waals surface area (Å²) in [5, 5.41) is 4.09. The Hall–Kier alpha value is -2.69. The first-order valence-corrected chi connectivity index (χ1v) is 6.21. The van der Waals surface area contributed by atoms with Gasteiger partial charge in [0.25, 0.3) is 0 Å². The van der Waals surface area contributed by atoms with Crippen LogP contribution in [0, 0.1) is 0 Å². The fourth-order valence-corrected chi connectivity index (χ4v) is 2.27. The molecule has 0 saturated heterocycles. The molecule has 0 bridgehead atoms. The zero-order valence-corrected chi connectivity index (χ0v) is 11.2. The number of ketones is 2. The van der Waals surface area contributed by atoms with Crippen molar-refractivity contribution in [1.82, 2.24) is 9.78 Å². The summed E-state index contributed by atoms with van der Waals surface area (Å²) in [5.41, 5.74) is 1.77. The van der Waals surface area contributed by atoms with E-state index in [9.17, 15) is 9.59 Å². The molecule has 5 nitrogen and oxygen atoms in total. The van der Waals surface area contributed by atoms with Gasteiger partial charge >= 0.3 is 0 Å². The molecule has 0 saturated carbocycles. The number of nitrogens with zero attached hydrogens (tertiary/aromatic N) is 3. The zero-order chi connectivity index (χ0) is 14.3. The van der Waals surface area contributed by atoms with Crippen molar-refractivity contribution in [2.45, 2.75) is 0 Å². The van der Waals surface area contributed by atoms with E-state index in [0.717, 1.165) is 5.69 Å². The maximum absolute atomic E-state index is 12.5. The molecule has 0 unspecified atom stereocenters. The standard InChI is InChI=1S/C15H13N3O2/c1-17-9-11-13(19)8-12(15(20)14(11)16-17)18(2)10-6-4-3-5-7-10/h3-9H,1-2H3. The molecular formula is C15H13N3O2. The maximum atomic E-state index is 12.5. The van der Waals surface area contributed by atoms with Crippen LogP contribution in [0.4, 0.5) is 5.69 Å². The predicted octanol–water partition coefficient (Wildman–Crippen LogP) is 1.82. The minimum absolute atomic E-state index is 0.189. The highest BCUT2D eigenvalue weighted by Gasteiger charge is 2.31. The van der Waals surface area contributed by atoms with Crippen molar-refractivity contribution in [1.29, 1.82) is 0 Å². The van der Waals surface area contributed by atoms with E-state index in [4.69, 9.17) is 0 Å². The first kappa shape index (κ1) is 12.3. The fourth-order valence-electron chi connectivity index (χ4n) is 2.27. The number of hydrogen-bond donors (Lipinski definition) is 0. The molecule has 0 radical (unpaired) electrons. The van der Waals surface area contributed by atoms with Crippen LogP contribution in [0.15, 0.2) is 48.3 Å². The largest absolute Gasteiger partial charge is 0.341 e. The van der Waals surface area contributed by atoms with Gasteiger partial charge in [0, 0.05) is 32.1 Å². The van der Waals surface area contributed by atoms with Gasteiger partial charge < -0.3 is 4.90 Å². The molecule has 0 spiro atoms. The number of rotatable bonds is 2. The summed E-state index contributed by atoms with van der Waals surface area (Å²) in [6.45, 7) is 0. The van der Waals surface area contributed by atoms with Gasteiger partial charge in [-0.3, -0.25) is 14.3 Å². The van der Waals surface area contributed by atoms with E-state index in [2.05, 4.69) is 5.10 Å². The summed E-state index contributed by atoms with van der Waals surface area (Å²) in [6.07, 6.45) is 2.95. The van der Waals surface area contributed by atoms with Crippen LogP contribution in [-0.2, 0) is 7.05 Å². The Balaban J connectivity index is 2.03. The van der Waals surface area contributed by atoms with Crippen molar-refractivity contribution in [2.24, 2.45) is 7.05 Å². The van der Waals surface area contributed by atoms with Gasteiger partial charge in [0.2, 0.25) is 5.78 Å². The number of anilines is 1. The number of hydrogen-bond acceptors (Lipinski definition) is 4. The molecule has 0 aliphatic heterocycles. The highest BCUT2D eigenvalue weighted by atomic mass is 16.1. The Morgan fingerprint density at radius 3 is 2.55 bits per heavy atom. The molecule has 3 rings (SSSR count). The highest BCUT2D eigenvalue weighted by Crippen LogP contribution is 2.25. The van der Waals surface area contributed by atoms with Gasteiger partial charge in [-0.05, 0) is 12.1 Å². The van der Waals surface area contributed by atoms with E-state index in [-0.39, 0.29) is 17.3 Å². The molecular weight excluding hydrogens is 254 g/mol. The molecule has 0 atom stereocenters. The zero-order valence-electron chi connectivity index (χ0n) is 11.2. The lowest BCUT2D eigenvalue weighted by molar-refractivity contribution is 0.0980. The summed E-state index contributed by atoms with van der Waals surface area (Å²) < 4.78 is 1.49. The van der Waals surface area contributed by atoms with E-state index >= 15 is 0 Å². The van der Waals surface area contributed by atoms with E-state index in [1.54, 1.807) is 25.2 Å². The SMILES string of the molecule is CN(C1=CC(=O)c2cn(C)nc2C1=O)c1ccccc1. The number of allylic oxidation sites excluding steroid dienone is 2. The maximum Gasteiger partial charge on any atom is 0.230 e. The van der Waals surface area contributed by atoms with Gasteiger partial charge in [0.05, 0.1) is 11.3 Å². The monoisotopic (exact) mass is 267 g/mol. The fraction of sp³-hybridized carbons (Fsp3) is 0.133. The molecule has 1 aromatic carbocycles. The number of aryl methyl sites for hydroxylation is 1. The third-order valence-corrected chi connectivity index (χ3v) is 3.31. The molecule has 1 heterocycles. The van der Waals surface area contributed by atoms with Gasteiger partial charge in [-0.2, -0.15) is 5.10 Å². The summed E-state index contributed by atoms with van der Waals surface area (Å²) in [4.78, 5) is 26.2. The average molecular weight is 267 g/mol. The van der Waals surface area contributed by atoms with Gasteiger partial charge in [-0.1, -0.05) is 18.2 Å². The smallest absolute Gasteiger partial charge is 0.230 e. The predicted molar refractivity (Wildman–Crippen MR) is 74.8 cm³/mol. The summed E-state index contributed by atoms with van der Waals surface area (Å²) in [5.74, 6) is -0.419. The lowest BCUT2D eigenvalue weighted by atomic mass is 9.99. The molecule has 0 fully saturated rings. The van der Waals surface area contributed by atoms with E-state index in [1.165, 1.54) is 10.8 Å². The third kappa shape index (κ3) is 1.84. The van der Waals surface area contributed by atoms with Crippen LogP contribution >= 0.6 is 0 Å². The summed E-state index contributed by atoms with van der Waals surface area (Å²) in [7, 11) is 3.46. The lowest BCUT2D eigenvalue weighted by Gasteiger charge is -2.23. The topological polar surface area (TPSA) is 55.2 Å². The molecule has 100 valence electrons. The van der Waals surface area contributed by atoms with E-state index in [1.807, 2.05) is 30.3 Å². The Morgan fingerprint density at radius 1 is 1.15 bits per heavy atom. The van der Waals surface area contributed by atoms with Crippen LogP contribution < -0.4 is 4.90 Å². The van der Waals surface area contributed by atoms with Crippen LogP contribution in [0.3, 0.4) is 0 Å². The molecule has 0 amide bonds. The van der Waals surface area contributed by atoms with Crippen LogP contribution in [0.1, 0.15) is 20.8 Å². The van der Waals surface area contributed by atoms with Gasteiger partial charge in [-0.25, -0.2) is 0 Å². The second-order valence-electron chi connectivity index (χ2n) is 4.68. The number of Topliss-reactive ketones (excluding diaryl/α,β-unsaturated/α-hetero) is 1. The minimum atomic E-state index is -0.230. The Kier molecular flexibility index (Phi) is 2.75. The first-order valence-electron chi connectivity index (χ1n) is 6.21.